The highest BCUT2D eigenvalue weighted by atomic mass is 32.1. The number of hydrogen-bond donors (Lipinski definition) is 1. The zero-order valence-electron chi connectivity index (χ0n) is 8.95. The molecule has 0 aliphatic carbocycles. The molecule has 0 saturated heterocycles. The van der Waals surface area contributed by atoms with E-state index in [1.807, 2.05) is 34.3 Å². The molecular weight excluding hydrogens is 232 g/mol. The van der Waals surface area contributed by atoms with Crippen LogP contribution in [0, 0.1) is 0 Å². The first-order valence-corrected chi connectivity index (χ1v) is 6.01. The quantitative estimate of drug-likeness (QED) is 0.751. The van der Waals surface area contributed by atoms with E-state index in [4.69, 9.17) is 5.73 Å². The molecule has 5 heteroatoms. The second-order valence-corrected chi connectivity index (χ2v) is 4.48. The molecule has 0 fully saturated rings. The Kier molecular flexibility index (Phi) is 2.38. The van der Waals surface area contributed by atoms with Gasteiger partial charge in [0.25, 0.3) is 0 Å². The van der Waals surface area contributed by atoms with Crippen LogP contribution < -0.4 is 5.73 Å². The van der Waals surface area contributed by atoms with Gasteiger partial charge in [-0.15, -0.1) is 11.3 Å². The van der Waals surface area contributed by atoms with Crippen molar-refractivity contribution in [1.29, 1.82) is 0 Å². The molecule has 0 unspecified atom stereocenters. The SMILES string of the molecule is Nc1nc(-c2cccc(-n3ccnc3)c2)cs1. The van der Waals surface area contributed by atoms with Gasteiger partial charge >= 0.3 is 0 Å². The molecule has 0 radical (unpaired) electrons. The van der Waals surface area contributed by atoms with Gasteiger partial charge in [-0.1, -0.05) is 12.1 Å². The number of rotatable bonds is 2. The summed E-state index contributed by atoms with van der Waals surface area (Å²) in [5.41, 5.74) is 8.67. The fraction of sp³-hybridized carbons (Fsp3) is 0. The fourth-order valence-corrected chi connectivity index (χ4v) is 2.23. The number of nitrogen functional groups attached to an aromatic ring is 1. The average Bonchev–Trinajstić information content (AvgIpc) is 3.00. The summed E-state index contributed by atoms with van der Waals surface area (Å²) in [6.45, 7) is 0. The lowest BCUT2D eigenvalue weighted by molar-refractivity contribution is 1.06. The summed E-state index contributed by atoms with van der Waals surface area (Å²) in [6.07, 6.45) is 5.44. The highest BCUT2D eigenvalue weighted by Gasteiger charge is 2.03. The minimum atomic E-state index is 0.591. The first-order valence-electron chi connectivity index (χ1n) is 5.13. The largest absolute Gasteiger partial charge is 0.375 e. The molecule has 2 N–H and O–H groups in total. The average molecular weight is 242 g/mol. The minimum absolute atomic E-state index is 0.591. The predicted molar refractivity (Wildman–Crippen MR) is 69.1 cm³/mol. The Hall–Kier alpha value is -2.14. The molecule has 0 amide bonds. The lowest BCUT2D eigenvalue weighted by Gasteiger charge is -2.03. The second kappa shape index (κ2) is 4.03. The van der Waals surface area contributed by atoms with Crippen molar-refractivity contribution in [3.63, 3.8) is 0 Å². The Morgan fingerprint density at radius 2 is 2.24 bits per heavy atom. The number of hydrogen-bond acceptors (Lipinski definition) is 4. The summed E-state index contributed by atoms with van der Waals surface area (Å²) < 4.78 is 1.96. The van der Waals surface area contributed by atoms with Crippen LogP contribution in [0.2, 0.25) is 0 Å². The van der Waals surface area contributed by atoms with Crippen molar-refractivity contribution in [3.05, 3.63) is 48.4 Å². The Balaban J connectivity index is 2.05. The number of anilines is 1. The van der Waals surface area contributed by atoms with E-state index in [-0.39, 0.29) is 0 Å². The molecule has 0 aliphatic rings. The maximum atomic E-state index is 5.64. The fourth-order valence-electron chi connectivity index (χ4n) is 1.66. The van der Waals surface area contributed by atoms with Crippen molar-refractivity contribution in [2.24, 2.45) is 0 Å². The molecule has 17 heavy (non-hydrogen) atoms. The number of benzene rings is 1. The van der Waals surface area contributed by atoms with Crippen molar-refractivity contribution in [3.8, 4) is 16.9 Å². The predicted octanol–water partition coefficient (Wildman–Crippen LogP) is 2.58. The van der Waals surface area contributed by atoms with Gasteiger partial charge in [0.2, 0.25) is 0 Å². The van der Waals surface area contributed by atoms with Gasteiger partial charge in [0.15, 0.2) is 5.13 Å². The molecule has 3 rings (SSSR count). The maximum Gasteiger partial charge on any atom is 0.180 e. The molecule has 2 aromatic heterocycles. The third-order valence-corrected chi connectivity index (χ3v) is 3.14. The van der Waals surface area contributed by atoms with Crippen LogP contribution in [0.1, 0.15) is 0 Å². The monoisotopic (exact) mass is 242 g/mol. The topological polar surface area (TPSA) is 56.7 Å². The third kappa shape index (κ3) is 1.92. The molecule has 0 saturated carbocycles. The molecule has 0 atom stereocenters. The van der Waals surface area contributed by atoms with E-state index in [1.165, 1.54) is 11.3 Å². The van der Waals surface area contributed by atoms with Crippen molar-refractivity contribution in [2.45, 2.75) is 0 Å². The number of thiazole rings is 1. The summed E-state index contributed by atoms with van der Waals surface area (Å²) in [4.78, 5) is 8.31. The van der Waals surface area contributed by atoms with E-state index in [0.717, 1.165) is 16.9 Å². The molecule has 0 spiro atoms. The highest BCUT2D eigenvalue weighted by Crippen LogP contribution is 2.24. The first-order chi connectivity index (χ1) is 8.33. The van der Waals surface area contributed by atoms with E-state index >= 15 is 0 Å². The summed E-state index contributed by atoms with van der Waals surface area (Å²) in [5, 5.41) is 2.55. The Morgan fingerprint density at radius 1 is 1.29 bits per heavy atom. The number of nitrogens with two attached hydrogens (primary N) is 1. The third-order valence-electron chi connectivity index (χ3n) is 2.47. The highest BCUT2D eigenvalue weighted by molar-refractivity contribution is 7.13. The van der Waals surface area contributed by atoms with E-state index < -0.39 is 0 Å². The normalized spacial score (nSPS) is 10.6. The first kappa shape index (κ1) is 10.0. The van der Waals surface area contributed by atoms with Crippen LogP contribution >= 0.6 is 11.3 Å². The molecule has 0 bridgehead atoms. The number of imidazole rings is 1. The summed E-state index contributed by atoms with van der Waals surface area (Å²) >= 11 is 1.45. The molecule has 2 heterocycles. The standard InChI is InChI=1S/C12H10N4S/c13-12-15-11(7-17-12)9-2-1-3-10(6-9)16-5-4-14-8-16/h1-8H,(H2,13,15). The van der Waals surface area contributed by atoms with E-state index in [2.05, 4.69) is 16.0 Å². The van der Waals surface area contributed by atoms with Gasteiger partial charge in [0, 0.05) is 29.0 Å². The van der Waals surface area contributed by atoms with Crippen LogP contribution in [0.15, 0.2) is 48.4 Å². The molecule has 0 aliphatic heterocycles. The lowest BCUT2D eigenvalue weighted by Crippen LogP contribution is -1.90. The number of nitrogens with zero attached hydrogens (tertiary/aromatic N) is 3. The summed E-state index contributed by atoms with van der Waals surface area (Å²) in [7, 11) is 0. The Bertz CT molecular complexity index is 628. The van der Waals surface area contributed by atoms with Crippen LogP contribution in [0.25, 0.3) is 16.9 Å². The van der Waals surface area contributed by atoms with Crippen LogP contribution in [0.4, 0.5) is 5.13 Å². The van der Waals surface area contributed by atoms with Crippen molar-refractivity contribution < 1.29 is 0 Å². The van der Waals surface area contributed by atoms with Crippen LogP contribution in [0.5, 0.6) is 0 Å². The van der Waals surface area contributed by atoms with Crippen molar-refractivity contribution in [2.75, 3.05) is 5.73 Å². The molecule has 1 aromatic carbocycles. The Labute approximate surface area is 102 Å². The van der Waals surface area contributed by atoms with Crippen LogP contribution in [-0.4, -0.2) is 14.5 Å². The second-order valence-electron chi connectivity index (χ2n) is 3.59. The molecule has 4 nitrogen and oxygen atoms in total. The minimum Gasteiger partial charge on any atom is -0.375 e. The number of aromatic nitrogens is 3. The Morgan fingerprint density at radius 3 is 2.94 bits per heavy atom. The molecule has 3 aromatic rings. The van der Waals surface area contributed by atoms with Crippen molar-refractivity contribution >= 4 is 16.5 Å². The van der Waals surface area contributed by atoms with E-state index in [0.29, 0.717) is 5.13 Å². The van der Waals surface area contributed by atoms with Gasteiger partial charge in [0.1, 0.15) is 0 Å². The molecular formula is C12H10N4S. The van der Waals surface area contributed by atoms with Gasteiger partial charge in [-0.2, -0.15) is 0 Å². The van der Waals surface area contributed by atoms with Gasteiger partial charge < -0.3 is 10.3 Å². The van der Waals surface area contributed by atoms with Crippen LogP contribution in [0.3, 0.4) is 0 Å². The zero-order chi connectivity index (χ0) is 11.7. The van der Waals surface area contributed by atoms with E-state index in [1.54, 1.807) is 12.5 Å². The smallest absolute Gasteiger partial charge is 0.180 e. The van der Waals surface area contributed by atoms with Gasteiger partial charge in [-0.05, 0) is 12.1 Å². The van der Waals surface area contributed by atoms with Gasteiger partial charge in [-0.25, -0.2) is 9.97 Å². The molecule has 84 valence electrons. The van der Waals surface area contributed by atoms with E-state index in [9.17, 15) is 0 Å². The zero-order valence-corrected chi connectivity index (χ0v) is 9.76. The lowest BCUT2D eigenvalue weighted by atomic mass is 10.1. The van der Waals surface area contributed by atoms with Gasteiger partial charge in [0.05, 0.1) is 12.0 Å². The van der Waals surface area contributed by atoms with Gasteiger partial charge in [-0.3, -0.25) is 0 Å². The summed E-state index contributed by atoms with van der Waals surface area (Å²) in [6, 6.07) is 8.12. The summed E-state index contributed by atoms with van der Waals surface area (Å²) in [5.74, 6) is 0. The van der Waals surface area contributed by atoms with Crippen LogP contribution in [-0.2, 0) is 0 Å². The van der Waals surface area contributed by atoms with Crippen molar-refractivity contribution in [1.82, 2.24) is 14.5 Å². The maximum absolute atomic E-state index is 5.64.